The fourth-order valence-corrected chi connectivity index (χ4v) is 2.32. The molecule has 0 unspecified atom stereocenters. The van der Waals surface area contributed by atoms with E-state index in [0.717, 1.165) is 19.3 Å². The van der Waals surface area contributed by atoms with Crippen molar-refractivity contribution in [3.8, 4) is 0 Å². The molecule has 14 heavy (non-hydrogen) atoms. The van der Waals surface area contributed by atoms with Gasteiger partial charge in [0.25, 0.3) is 0 Å². The zero-order chi connectivity index (χ0) is 11.0. The average Bonchev–Trinajstić information content (AvgIpc) is 2.22. The van der Waals surface area contributed by atoms with Crippen molar-refractivity contribution in [3.63, 3.8) is 0 Å². The van der Waals surface area contributed by atoms with E-state index in [0.29, 0.717) is 5.31 Å². The SMILES string of the molecule is C=C(CCCCCC)P(=O)(OC)OC. The third-order valence-electron chi connectivity index (χ3n) is 2.19. The summed E-state index contributed by atoms with van der Waals surface area (Å²) in [6, 6.07) is 0. The van der Waals surface area contributed by atoms with Crippen molar-refractivity contribution in [2.75, 3.05) is 14.2 Å². The highest BCUT2D eigenvalue weighted by Crippen LogP contribution is 2.55. The van der Waals surface area contributed by atoms with E-state index in [1.165, 1.54) is 27.1 Å². The molecule has 0 heterocycles. The molecule has 0 saturated heterocycles. The predicted molar refractivity (Wildman–Crippen MR) is 59.5 cm³/mol. The summed E-state index contributed by atoms with van der Waals surface area (Å²) in [4.78, 5) is 0. The molecule has 0 aromatic heterocycles. The number of hydrogen-bond donors (Lipinski definition) is 0. The number of hydrogen-bond acceptors (Lipinski definition) is 3. The number of unbranched alkanes of at least 4 members (excludes halogenated alkanes) is 3. The molecule has 0 atom stereocenters. The largest absolute Gasteiger partial charge is 0.356 e. The first-order chi connectivity index (χ1) is 6.60. The van der Waals surface area contributed by atoms with Crippen LogP contribution in [0.25, 0.3) is 0 Å². The van der Waals surface area contributed by atoms with E-state index in [2.05, 4.69) is 13.5 Å². The lowest BCUT2D eigenvalue weighted by Gasteiger charge is -2.15. The summed E-state index contributed by atoms with van der Waals surface area (Å²) in [5, 5.41) is 0.582. The molecule has 0 radical (unpaired) electrons. The maximum Gasteiger partial charge on any atom is 0.356 e. The van der Waals surface area contributed by atoms with E-state index in [4.69, 9.17) is 9.05 Å². The quantitative estimate of drug-likeness (QED) is 0.459. The molecule has 0 rings (SSSR count). The Bertz CT molecular complexity index is 205. The van der Waals surface area contributed by atoms with Gasteiger partial charge in [0.15, 0.2) is 0 Å². The van der Waals surface area contributed by atoms with Crippen LogP contribution >= 0.6 is 7.60 Å². The van der Waals surface area contributed by atoms with E-state index >= 15 is 0 Å². The van der Waals surface area contributed by atoms with Gasteiger partial charge in [0.05, 0.1) is 0 Å². The van der Waals surface area contributed by atoms with Gasteiger partial charge in [0.2, 0.25) is 0 Å². The van der Waals surface area contributed by atoms with E-state index in [1.807, 2.05) is 0 Å². The molecule has 0 aliphatic rings. The topological polar surface area (TPSA) is 35.5 Å². The second-order valence-corrected chi connectivity index (χ2v) is 5.60. The van der Waals surface area contributed by atoms with E-state index in [-0.39, 0.29) is 0 Å². The Morgan fingerprint density at radius 2 is 1.79 bits per heavy atom. The van der Waals surface area contributed by atoms with Gasteiger partial charge in [-0.2, -0.15) is 0 Å². The molecule has 3 nitrogen and oxygen atoms in total. The third kappa shape index (κ3) is 4.41. The Labute approximate surface area is 87.0 Å². The molecular formula is C10H21O3P. The molecule has 0 spiro atoms. The van der Waals surface area contributed by atoms with Crippen LogP contribution in [0, 0.1) is 0 Å². The third-order valence-corrected chi connectivity index (χ3v) is 4.15. The molecule has 0 aromatic carbocycles. The zero-order valence-electron chi connectivity index (χ0n) is 9.41. The predicted octanol–water partition coefficient (Wildman–Crippen LogP) is 3.96. The lowest BCUT2D eigenvalue weighted by Crippen LogP contribution is -1.92. The Balaban J connectivity index is 3.89. The fourth-order valence-electron chi connectivity index (χ4n) is 1.23. The van der Waals surface area contributed by atoms with Gasteiger partial charge in [-0.15, -0.1) is 0 Å². The highest BCUT2D eigenvalue weighted by molar-refractivity contribution is 7.58. The van der Waals surface area contributed by atoms with Crippen LogP contribution in [0.5, 0.6) is 0 Å². The molecule has 0 amide bonds. The van der Waals surface area contributed by atoms with E-state index in [1.54, 1.807) is 0 Å². The molecule has 0 saturated carbocycles. The van der Waals surface area contributed by atoms with Crippen LogP contribution in [-0.2, 0) is 13.6 Å². The van der Waals surface area contributed by atoms with Gasteiger partial charge in [-0.3, -0.25) is 4.57 Å². The monoisotopic (exact) mass is 220 g/mol. The van der Waals surface area contributed by atoms with Crippen LogP contribution < -0.4 is 0 Å². The zero-order valence-corrected chi connectivity index (χ0v) is 10.3. The molecule has 0 N–H and O–H groups in total. The Kier molecular flexibility index (Phi) is 7.16. The second-order valence-electron chi connectivity index (χ2n) is 3.24. The van der Waals surface area contributed by atoms with Crippen LogP contribution in [0.15, 0.2) is 11.9 Å². The van der Waals surface area contributed by atoms with E-state index < -0.39 is 7.60 Å². The van der Waals surface area contributed by atoms with Crippen molar-refractivity contribution in [3.05, 3.63) is 11.9 Å². The van der Waals surface area contributed by atoms with Crippen LogP contribution in [0.2, 0.25) is 0 Å². The summed E-state index contributed by atoms with van der Waals surface area (Å²) in [5.41, 5.74) is 0. The van der Waals surface area contributed by atoms with Crippen LogP contribution in [0.1, 0.15) is 39.0 Å². The molecule has 4 heteroatoms. The molecule has 0 bridgehead atoms. The lowest BCUT2D eigenvalue weighted by atomic mass is 10.1. The number of rotatable bonds is 8. The van der Waals surface area contributed by atoms with Gasteiger partial charge in [0.1, 0.15) is 0 Å². The summed E-state index contributed by atoms with van der Waals surface area (Å²) < 4.78 is 21.4. The first-order valence-electron chi connectivity index (χ1n) is 5.00. The molecular weight excluding hydrogens is 199 g/mol. The summed E-state index contributed by atoms with van der Waals surface area (Å²) in [7, 11) is -0.235. The van der Waals surface area contributed by atoms with Gasteiger partial charge in [-0.25, -0.2) is 0 Å². The highest BCUT2D eigenvalue weighted by Gasteiger charge is 2.24. The minimum absolute atomic E-state index is 0.582. The standard InChI is InChI=1S/C10H21O3P/c1-5-6-7-8-9-10(2)14(11,12-3)13-4/h2,5-9H2,1,3-4H3. The first kappa shape index (κ1) is 13.9. The van der Waals surface area contributed by atoms with Crippen molar-refractivity contribution < 1.29 is 13.6 Å². The summed E-state index contributed by atoms with van der Waals surface area (Å²) in [6.45, 7) is 5.91. The molecule has 0 aromatic rings. The highest BCUT2D eigenvalue weighted by atomic mass is 31.2. The van der Waals surface area contributed by atoms with Gasteiger partial charge >= 0.3 is 7.60 Å². The lowest BCUT2D eigenvalue weighted by molar-refractivity contribution is 0.282. The minimum atomic E-state index is -3.02. The average molecular weight is 220 g/mol. The maximum absolute atomic E-state index is 11.8. The smallest absolute Gasteiger partial charge is 0.309 e. The number of allylic oxidation sites excluding steroid dienone is 1. The second kappa shape index (κ2) is 7.22. The molecule has 0 aliphatic carbocycles. The van der Waals surface area contributed by atoms with Gasteiger partial charge in [0, 0.05) is 19.5 Å². The van der Waals surface area contributed by atoms with Crippen molar-refractivity contribution >= 4 is 7.60 Å². The summed E-state index contributed by atoms with van der Waals surface area (Å²) in [5.74, 6) is 0. The Hall–Kier alpha value is -0.110. The fraction of sp³-hybridized carbons (Fsp3) is 0.800. The van der Waals surface area contributed by atoms with Crippen molar-refractivity contribution in [1.82, 2.24) is 0 Å². The first-order valence-corrected chi connectivity index (χ1v) is 6.54. The van der Waals surface area contributed by atoms with Crippen molar-refractivity contribution in [2.45, 2.75) is 39.0 Å². The van der Waals surface area contributed by atoms with Crippen LogP contribution in [-0.4, -0.2) is 14.2 Å². The van der Waals surface area contributed by atoms with Crippen LogP contribution in [0.4, 0.5) is 0 Å². The van der Waals surface area contributed by atoms with Crippen molar-refractivity contribution in [1.29, 1.82) is 0 Å². The minimum Gasteiger partial charge on any atom is -0.309 e. The summed E-state index contributed by atoms with van der Waals surface area (Å²) >= 11 is 0. The molecule has 0 aliphatic heterocycles. The van der Waals surface area contributed by atoms with Gasteiger partial charge in [-0.1, -0.05) is 32.8 Å². The van der Waals surface area contributed by atoms with Crippen LogP contribution in [0.3, 0.4) is 0 Å². The van der Waals surface area contributed by atoms with Gasteiger partial charge in [-0.05, 0) is 12.8 Å². The van der Waals surface area contributed by atoms with Gasteiger partial charge < -0.3 is 9.05 Å². The molecule has 84 valence electrons. The normalized spacial score (nSPS) is 11.6. The van der Waals surface area contributed by atoms with E-state index in [9.17, 15) is 4.57 Å². The summed E-state index contributed by atoms with van der Waals surface area (Å²) in [6.07, 6.45) is 5.27. The van der Waals surface area contributed by atoms with Crippen molar-refractivity contribution in [2.24, 2.45) is 0 Å². The molecule has 0 fully saturated rings. The Morgan fingerprint density at radius 3 is 2.21 bits per heavy atom. The maximum atomic E-state index is 11.8. The Morgan fingerprint density at radius 1 is 1.21 bits per heavy atom.